The molecule has 0 bridgehead atoms. The van der Waals surface area contributed by atoms with Crippen LogP contribution in [0.3, 0.4) is 0 Å². The molecular formula is C13H25N3O. The zero-order valence-corrected chi connectivity index (χ0v) is 11.3. The van der Waals surface area contributed by atoms with Crippen LogP contribution in [0.15, 0.2) is 12.4 Å². The minimum atomic E-state index is 0.688. The van der Waals surface area contributed by atoms with E-state index in [1.165, 1.54) is 6.42 Å². The first-order valence-corrected chi connectivity index (χ1v) is 6.60. The van der Waals surface area contributed by atoms with Crippen molar-refractivity contribution in [1.29, 1.82) is 0 Å². The molecule has 0 aromatic carbocycles. The van der Waals surface area contributed by atoms with E-state index in [1.807, 2.05) is 19.3 Å². The summed E-state index contributed by atoms with van der Waals surface area (Å²) in [6.07, 6.45) is 6.11. The molecule has 17 heavy (non-hydrogen) atoms. The topological polar surface area (TPSA) is 39.1 Å². The summed E-state index contributed by atoms with van der Waals surface area (Å²) in [4.78, 5) is 4.33. The first kappa shape index (κ1) is 14.0. The fourth-order valence-electron chi connectivity index (χ4n) is 1.61. The summed E-state index contributed by atoms with van der Waals surface area (Å²) >= 11 is 0. The quantitative estimate of drug-likeness (QED) is 0.673. The molecule has 1 unspecified atom stereocenters. The van der Waals surface area contributed by atoms with E-state index in [1.54, 1.807) is 0 Å². The third kappa shape index (κ3) is 5.22. The average Bonchev–Trinajstić information content (AvgIpc) is 2.76. The Hall–Kier alpha value is -1.03. The second kappa shape index (κ2) is 8.12. The zero-order chi connectivity index (χ0) is 12.5. The van der Waals surface area contributed by atoms with Crippen LogP contribution in [0.1, 0.15) is 33.6 Å². The Kier molecular flexibility index (Phi) is 6.70. The molecule has 0 saturated heterocycles. The largest absolute Gasteiger partial charge is 0.382 e. The molecule has 4 nitrogen and oxygen atoms in total. The second-order valence-electron chi connectivity index (χ2n) is 4.39. The van der Waals surface area contributed by atoms with E-state index in [0.29, 0.717) is 5.92 Å². The molecule has 1 aromatic rings. The summed E-state index contributed by atoms with van der Waals surface area (Å²) in [5, 5.41) is 3.35. The van der Waals surface area contributed by atoms with E-state index in [-0.39, 0.29) is 0 Å². The highest BCUT2D eigenvalue weighted by molar-refractivity contribution is 5.25. The van der Waals surface area contributed by atoms with Gasteiger partial charge >= 0.3 is 0 Å². The summed E-state index contributed by atoms with van der Waals surface area (Å²) in [5.41, 5.74) is 0. The van der Waals surface area contributed by atoms with Crippen LogP contribution in [-0.4, -0.2) is 29.3 Å². The fraction of sp³-hybridized carbons (Fsp3) is 0.769. The van der Waals surface area contributed by atoms with Gasteiger partial charge in [-0.3, -0.25) is 0 Å². The number of ether oxygens (including phenoxy) is 1. The highest BCUT2D eigenvalue weighted by Gasteiger charge is 2.05. The molecule has 0 fully saturated rings. The molecule has 0 spiro atoms. The van der Waals surface area contributed by atoms with Crippen LogP contribution < -0.4 is 5.32 Å². The van der Waals surface area contributed by atoms with E-state index in [9.17, 15) is 0 Å². The van der Waals surface area contributed by atoms with Crippen LogP contribution >= 0.6 is 0 Å². The van der Waals surface area contributed by atoms with Crippen LogP contribution in [0.5, 0.6) is 0 Å². The molecule has 1 atom stereocenters. The number of anilines is 1. The minimum absolute atomic E-state index is 0.688. The lowest BCUT2D eigenvalue weighted by Gasteiger charge is -2.13. The Morgan fingerprint density at radius 3 is 3.00 bits per heavy atom. The molecule has 1 aromatic heterocycles. The summed E-state index contributed by atoms with van der Waals surface area (Å²) in [7, 11) is 0. The third-order valence-corrected chi connectivity index (χ3v) is 2.87. The van der Waals surface area contributed by atoms with Gasteiger partial charge in [-0.2, -0.15) is 0 Å². The van der Waals surface area contributed by atoms with Crippen LogP contribution in [-0.2, 0) is 11.3 Å². The fourth-order valence-corrected chi connectivity index (χ4v) is 1.61. The SMILES string of the molecule is CCOCCCNc1nccn1CC(C)CC. The van der Waals surface area contributed by atoms with Crippen molar-refractivity contribution in [3.05, 3.63) is 12.4 Å². The normalized spacial score (nSPS) is 12.6. The van der Waals surface area contributed by atoms with Gasteiger partial charge < -0.3 is 14.6 Å². The van der Waals surface area contributed by atoms with Gasteiger partial charge in [-0.15, -0.1) is 0 Å². The molecule has 1 heterocycles. The Bertz CT molecular complexity index is 299. The van der Waals surface area contributed by atoms with Gasteiger partial charge in [0.1, 0.15) is 0 Å². The van der Waals surface area contributed by atoms with E-state index >= 15 is 0 Å². The summed E-state index contributed by atoms with van der Waals surface area (Å²) in [5.74, 6) is 1.66. The van der Waals surface area contributed by atoms with Gasteiger partial charge in [-0.1, -0.05) is 20.3 Å². The van der Waals surface area contributed by atoms with Crippen molar-refractivity contribution in [3.63, 3.8) is 0 Å². The van der Waals surface area contributed by atoms with Crippen LogP contribution in [0.2, 0.25) is 0 Å². The Morgan fingerprint density at radius 1 is 1.47 bits per heavy atom. The Labute approximate surface area is 104 Å². The van der Waals surface area contributed by atoms with Crippen molar-refractivity contribution in [2.75, 3.05) is 25.1 Å². The number of hydrogen-bond donors (Lipinski definition) is 1. The minimum Gasteiger partial charge on any atom is -0.382 e. The molecule has 98 valence electrons. The smallest absolute Gasteiger partial charge is 0.202 e. The lowest BCUT2D eigenvalue weighted by atomic mass is 10.1. The molecule has 0 aliphatic heterocycles. The highest BCUT2D eigenvalue weighted by Crippen LogP contribution is 2.10. The summed E-state index contributed by atoms with van der Waals surface area (Å²) < 4.78 is 7.49. The van der Waals surface area contributed by atoms with Crippen LogP contribution in [0.25, 0.3) is 0 Å². The Balaban J connectivity index is 2.30. The molecule has 0 saturated carbocycles. The average molecular weight is 239 g/mol. The monoisotopic (exact) mass is 239 g/mol. The number of rotatable bonds is 9. The third-order valence-electron chi connectivity index (χ3n) is 2.87. The molecule has 0 aliphatic rings. The van der Waals surface area contributed by atoms with Crippen molar-refractivity contribution in [2.45, 2.75) is 40.2 Å². The molecule has 0 radical (unpaired) electrons. The van der Waals surface area contributed by atoms with Gasteiger partial charge in [0.15, 0.2) is 0 Å². The number of imidazole rings is 1. The van der Waals surface area contributed by atoms with Crippen LogP contribution in [0, 0.1) is 5.92 Å². The van der Waals surface area contributed by atoms with E-state index in [0.717, 1.165) is 38.7 Å². The van der Waals surface area contributed by atoms with Crippen LogP contribution in [0.4, 0.5) is 5.95 Å². The molecule has 0 aliphatic carbocycles. The molecule has 1 N–H and O–H groups in total. The van der Waals surface area contributed by atoms with Gasteiger partial charge in [0.2, 0.25) is 5.95 Å². The second-order valence-corrected chi connectivity index (χ2v) is 4.39. The maximum absolute atomic E-state index is 5.30. The zero-order valence-electron chi connectivity index (χ0n) is 11.3. The number of hydrogen-bond acceptors (Lipinski definition) is 3. The van der Waals surface area contributed by atoms with Crippen molar-refractivity contribution < 1.29 is 4.74 Å². The molecule has 1 rings (SSSR count). The van der Waals surface area contributed by atoms with Crippen molar-refractivity contribution in [2.24, 2.45) is 5.92 Å². The first-order valence-electron chi connectivity index (χ1n) is 6.60. The summed E-state index contributed by atoms with van der Waals surface area (Å²) in [6.45, 7) is 10.1. The standard InChI is InChI=1S/C13H25N3O/c1-4-12(3)11-16-9-8-15-13(16)14-7-6-10-17-5-2/h8-9,12H,4-7,10-11H2,1-3H3,(H,14,15). The predicted molar refractivity (Wildman–Crippen MR) is 71.3 cm³/mol. The maximum Gasteiger partial charge on any atom is 0.202 e. The van der Waals surface area contributed by atoms with Gasteiger partial charge in [-0.05, 0) is 19.3 Å². The molecule has 4 heteroatoms. The molecule has 0 amide bonds. The Morgan fingerprint density at radius 2 is 2.29 bits per heavy atom. The van der Waals surface area contributed by atoms with Gasteiger partial charge in [0.05, 0.1) is 0 Å². The number of nitrogens with zero attached hydrogens (tertiary/aromatic N) is 2. The first-order chi connectivity index (χ1) is 8.27. The maximum atomic E-state index is 5.30. The molecular weight excluding hydrogens is 214 g/mol. The number of aromatic nitrogens is 2. The van der Waals surface area contributed by atoms with Crippen molar-refractivity contribution in [3.8, 4) is 0 Å². The van der Waals surface area contributed by atoms with Crippen molar-refractivity contribution >= 4 is 5.95 Å². The van der Waals surface area contributed by atoms with Crippen molar-refractivity contribution in [1.82, 2.24) is 9.55 Å². The summed E-state index contributed by atoms with van der Waals surface area (Å²) in [6, 6.07) is 0. The highest BCUT2D eigenvalue weighted by atomic mass is 16.5. The van der Waals surface area contributed by atoms with E-state index < -0.39 is 0 Å². The van der Waals surface area contributed by atoms with Gasteiger partial charge in [-0.25, -0.2) is 4.98 Å². The lowest BCUT2D eigenvalue weighted by molar-refractivity contribution is 0.147. The van der Waals surface area contributed by atoms with Gasteiger partial charge in [0, 0.05) is 38.7 Å². The number of nitrogens with one attached hydrogen (secondary N) is 1. The predicted octanol–water partition coefficient (Wildman–Crippen LogP) is 2.77. The lowest BCUT2D eigenvalue weighted by Crippen LogP contribution is -2.13. The van der Waals surface area contributed by atoms with E-state index in [2.05, 4.69) is 28.7 Å². The van der Waals surface area contributed by atoms with E-state index in [4.69, 9.17) is 4.74 Å². The van der Waals surface area contributed by atoms with Gasteiger partial charge in [0.25, 0.3) is 0 Å².